The lowest BCUT2D eigenvalue weighted by atomic mass is 10.1. The molecule has 0 aliphatic carbocycles. The van der Waals surface area contributed by atoms with Gasteiger partial charge in [0.2, 0.25) is 5.91 Å². The van der Waals surface area contributed by atoms with Crippen LogP contribution >= 0.6 is 11.3 Å². The van der Waals surface area contributed by atoms with Crippen molar-refractivity contribution in [3.63, 3.8) is 0 Å². The van der Waals surface area contributed by atoms with Crippen LogP contribution in [0.5, 0.6) is 0 Å². The number of amides is 2. The molecule has 108 valence electrons. The van der Waals surface area contributed by atoms with Gasteiger partial charge in [0.25, 0.3) is 5.91 Å². The minimum Gasteiger partial charge on any atom is -0.326 e. The summed E-state index contributed by atoms with van der Waals surface area (Å²) in [6.45, 7) is 7.11. The quantitative estimate of drug-likeness (QED) is 0.909. The highest BCUT2D eigenvalue weighted by atomic mass is 32.1. The van der Waals surface area contributed by atoms with Crippen LogP contribution in [0, 0.1) is 0 Å². The van der Waals surface area contributed by atoms with Crippen LogP contribution < -0.4 is 10.6 Å². The second-order valence-electron chi connectivity index (χ2n) is 4.49. The van der Waals surface area contributed by atoms with Crippen LogP contribution in [0.15, 0.2) is 37.0 Å². The Kier molecular flexibility index (Phi) is 4.49. The van der Waals surface area contributed by atoms with Gasteiger partial charge >= 0.3 is 0 Å². The van der Waals surface area contributed by atoms with E-state index in [1.807, 2.05) is 6.92 Å². The first-order chi connectivity index (χ1) is 9.97. The van der Waals surface area contributed by atoms with E-state index in [9.17, 15) is 9.59 Å². The summed E-state index contributed by atoms with van der Waals surface area (Å²) >= 11 is 1.35. The molecule has 21 heavy (non-hydrogen) atoms. The number of rotatable bonds is 4. The molecule has 0 fully saturated rings. The van der Waals surface area contributed by atoms with E-state index in [-0.39, 0.29) is 11.8 Å². The van der Waals surface area contributed by atoms with E-state index < -0.39 is 0 Å². The van der Waals surface area contributed by atoms with E-state index in [1.54, 1.807) is 30.5 Å². The molecule has 1 aromatic carbocycles. The normalized spacial score (nSPS) is 10.0. The van der Waals surface area contributed by atoms with E-state index in [2.05, 4.69) is 22.2 Å². The zero-order chi connectivity index (χ0) is 15.4. The maximum Gasteiger partial charge on any atom is 0.259 e. The van der Waals surface area contributed by atoms with Gasteiger partial charge in [0.15, 0.2) is 5.13 Å². The Labute approximate surface area is 126 Å². The minimum atomic E-state index is -0.318. The molecule has 1 aromatic heterocycles. The minimum absolute atomic E-state index is 0.228. The van der Waals surface area contributed by atoms with Crippen molar-refractivity contribution in [2.24, 2.45) is 0 Å². The van der Waals surface area contributed by atoms with Crippen LogP contribution in [0.25, 0.3) is 5.57 Å². The van der Waals surface area contributed by atoms with Gasteiger partial charge in [0.05, 0.1) is 16.1 Å². The van der Waals surface area contributed by atoms with Crippen molar-refractivity contribution in [2.45, 2.75) is 13.8 Å². The van der Waals surface area contributed by atoms with Crippen molar-refractivity contribution in [3.8, 4) is 0 Å². The van der Waals surface area contributed by atoms with Crippen molar-refractivity contribution in [1.82, 2.24) is 4.98 Å². The highest BCUT2D eigenvalue weighted by Crippen LogP contribution is 2.25. The summed E-state index contributed by atoms with van der Waals surface area (Å²) in [5, 5.41) is 5.85. The molecule has 0 atom stereocenters. The molecule has 2 N–H and O–H groups in total. The molecule has 0 saturated heterocycles. The van der Waals surface area contributed by atoms with Crippen molar-refractivity contribution in [1.29, 1.82) is 0 Å². The predicted octanol–water partition coefficient (Wildman–Crippen LogP) is 3.39. The molecule has 5 nitrogen and oxygen atoms in total. The largest absolute Gasteiger partial charge is 0.326 e. The zero-order valence-electron chi connectivity index (χ0n) is 11.8. The molecular weight excluding hydrogens is 286 g/mol. The van der Waals surface area contributed by atoms with Gasteiger partial charge in [0, 0.05) is 13.1 Å². The van der Waals surface area contributed by atoms with Crippen molar-refractivity contribution in [2.75, 3.05) is 10.6 Å². The molecule has 0 saturated carbocycles. The molecule has 0 unspecified atom stereocenters. The summed E-state index contributed by atoms with van der Waals surface area (Å²) in [5.74, 6) is -0.545. The Balaban J connectivity index is 2.19. The first-order valence-corrected chi connectivity index (χ1v) is 7.08. The maximum atomic E-state index is 12.3. The van der Waals surface area contributed by atoms with Gasteiger partial charge in [-0.1, -0.05) is 30.0 Å². The fraction of sp³-hybridized carbons (Fsp3) is 0.133. The number of allylic oxidation sites excluding steroid dienone is 1. The fourth-order valence-corrected chi connectivity index (χ4v) is 2.41. The third kappa shape index (κ3) is 3.76. The third-order valence-electron chi connectivity index (χ3n) is 2.63. The molecule has 0 bridgehead atoms. The van der Waals surface area contributed by atoms with E-state index >= 15 is 0 Å². The van der Waals surface area contributed by atoms with Gasteiger partial charge < -0.3 is 5.32 Å². The second kappa shape index (κ2) is 6.32. The van der Waals surface area contributed by atoms with E-state index in [4.69, 9.17) is 0 Å². The number of carbonyl (C=O) groups excluding carboxylic acids is 2. The van der Waals surface area contributed by atoms with E-state index in [0.29, 0.717) is 16.4 Å². The molecule has 2 amide bonds. The van der Waals surface area contributed by atoms with Crippen LogP contribution in [0.2, 0.25) is 0 Å². The number of para-hydroxylation sites is 1. The number of carbonyl (C=O) groups is 2. The summed E-state index contributed by atoms with van der Waals surface area (Å²) in [7, 11) is 0. The topological polar surface area (TPSA) is 71.1 Å². The summed E-state index contributed by atoms with van der Waals surface area (Å²) in [5.41, 5.74) is 1.76. The average Bonchev–Trinajstić information content (AvgIpc) is 2.87. The van der Waals surface area contributed by atoms with Gasteiger partial charge in [-0.15, -0.1) is 0 Å². The summed E-state index contributed by atoms with van der Waals surface area (Å²) in [6.07, 6.45) is 1.67. The molecule has 6 heteroatoms. The molecule has 0 radical (unpaired) electrons. The van der Waals surface area contributed by atoms with Crippen molar-refractivity contribution in [3.05, 3.63) is 47.5 Å². The van der Waals surface area contributed by atoms with Gasteiger partial charge in [0.1, 0.15) is 0 Å². The van der Waals surface area contributed by atoms with Crippen LogP contribution in [0.3, 0.4) is 0 Å². The first-order valence-electron chi connectivity index (χ1n) is 6.27. The SMILES string of the molecule is C=C(C)c1cnc(NC(=O)c2ccccc2NC(C)=O)s1. The number of hydrogen-bond donors (Lipinski definition) is 2. The summed E-state index contributed by atoms with van der Waals surface area (Å²) in [6, 6.07) is 6.82. The van der Waals surface area contributed by atoms with Gasteiger partial charge in [-0.2, -0.15) is 0 Å². The number of nitrogens with zero attached hydrogens (tertiary/aromatic N) is 1. The van der Waals surface area contributed by atoms with Crippen LogP contribution in [-0.2, 0) is 4.79 Å². The molecule has 1 heterocycles. The third-order valence-corrected chi connectivity index (χ3v) is 3.70. The maximum absolute atomic E-state index is 12.3. The Morgan fingerprint density at radius 2 is 1.90 bits per heavy atom. The smallest absolute Gasteiger partial charge is 0.259 e. The molecule has 2 rings (SSSR count). The number of anilines is 2. The van der Waals surface area contributed by atoms with Gasteiger partial charge in [-0.25, -0.2) is 4.98 Å². The lowest BCUT2D eigenvalue weighted by molar-refractivity contribution is -0.114. The summed E-state index contributed by atoms with van der Waals surface area (Å²) in [4.78, 5) is 28.5. The van der Waals surface area contributed by atoms with Gasteiger partial charge in [-0.05, 0) is 24.6 Å². The number of aromatic nitrogens is 1. The molecule has 0 aliphatic rings. The average molecular weight is 301 g/mol. The van der Waals surface area contributed by atoms with E-state index in [1.165, 1.54) is 18.3 Å². The Morgan fingerprint density at radius 1 is 1.19 bits per heavy atom. The number of nitrogens with one attached hydrogen (secondary N) is 2. The highest BCUT2D eigenvalue weighted by molar-refractivity contribution is 7.16. The zero-order valence-corrected chi connectivity index (χ0v) is 12.6. The monoisotopic (exact) mass is 301 g/mol. The Bertz CT molecular complexity index is 706. The number of benzene rings is 1. The molecule has 0 aliphatic heterocycles. The van der Waals surface area contributed by atoms with Gasteiger partial charge in [-0.3, -0.25) is 14.9 Å². The number of hydrogen-bond acceptors (Lipinski definition) is 4. The predicted molar refractivity (Wildman–Crippen MR) is 85.5 cm³/mol. The number of thiazole rings is 1. The highest BCUT2D eigenvalue weighted by Gasteiger charge is 2.13. The van der Waals surface area contributed by atoms with Crippen LogP contribution in [-0.4, -0.2) is 16.8 Å². The summed E-state index contributed by atoms with van der Waals surface area (Å²) < 4.78 is 0. The fourth-order valence-electron chi connectivity index (χ4n) is 1.67. The Morgan fingerprint density at radius 3 is 2.52 bits per heavy atom. The molecule has 2 aromatic rings. The van der Waals surface area contributed by atoms with Crippen molar-refractivity contribution >= 4 is 39.5 Å². The second-order valence-corrected chi connectivity index (χ2v) is 5.52. The van der Waals surface area contributed by atoms with Crippen LogP contribution in [0.1, 0.15) is 29.1 Å². The van der Waals surface area contributed by atoms with Crippen LogP contribution in [0.4, 0.5) is 10.8 Å². The Hall–Kier alpha value is -2.47. The van der Waals surface area contributed by atoms with E-state index in [0.717, 1.165) is 10.5 Å². The molecular formula is C15H15N3O2S. The first kappa shape index (κ1) is 14.9. The van der Waals surface area contributed by atoms with Crippen molar-refractivity contribution < 1.29 is 9.59 Å². The lowest BCUT2D eigenvalue weighted by Gasteiger charge is -2.08. The standard InChI is InChI=1S/C15H15N3O2S/c1-9(2)13-8-16-15(21-13)18-14(20)11-6-4-5-7-12(11)17-10(3)19/h4-8H,1H2,2-3H3,(H,17,19)(H,16,18,20). The molecule has 0 spiro atoms. The lowest BCUT2D eigenvalue weighted by Crippen LogP contribution is -2.16.